The van der Waals surface area contributed by atoms with E-state index in [2.05, 4.69) is 9.97 Å². The Bertz CT molecular complexity index is 521. The average Bonchev–Trinajstić information content (AvgIpc) is 2.33. The van der Waals surface area contributed by atoms with E-state index in [0.717, 1.165) is 17.0 Å². The van der Waals surface area contributed by atoms with Gasteiger partial charge < -0.3 is 5.73 Å². The lowest BCUT2D eigenvalue weighted by Crippen LogP contribution is -2.07. The SMILES string of the molecule is Cc1cc(-c2cnc(C(C)N)cn2)ccc1F. The summed E-state index contributed by atoms with van der Waals surface area (Å²) in [5.74, 6) is -0.214. The minimum absolute atomic E-state index is 0.133. The lowest BCUT2D eigenvalue weighted by molar-refractivity contribution is 0.618. The highest BCUT2D eigenvalue weighted by molar-refractivity contribution is 5.59. The van der Waals surface area contributed by atoms with Crippen LogP contribution in [0.2, 0.25) is 0 Å². The van der Waals surface area contributed by atoms with Gasteiger partial charge in [-0.15, -0.1) is 0 Å². The zero-order chi connectivity index (χ0) is 12.4. The summed E-state index contributed by atoms with van der Waals surface area (Å²) in [5, 5.41) is 0. The predicted octanol–water partition coefficient (Wildman–Crippen LogP) is 2.61. The first-order valence-electron chi connectivity index (χ1n) is 5.42. The number of aromatic nitrogens is 2. The number of hydrogen-bond donors (Lipinski definition) is 1. The first kappa shape index (κ1) is 11.7. The van der Waals surface area contributed by atoms with E-state index < -0.39 is 0 Å². The van der Waals surface area contributed by atoms with Crippen molar-refractivity contribution in [3.8, 4) is 11.3 Å². The third-order valence-corrected chi connectivity index (χ3v) is 2.59. The minimum Gasteiger partial charge on any atom is -0.323 e. The van der Waals surface area contributed by atoms with Crippen molar-refractivity contribution in [2.45, 2.75) is 19.9 Å². The molecule has 0 saturated heterocycles. The molecule has 0 amide bonds. The van der Waals surface area contributed by atoms with Crippen molar-refractivity contribution in [3.63, 3.8) is 0 Å². The van der Waals surface area contributed by atoms with Crippen molar-refractivity contribution in [1.29, 1.82) is 0 Å². The maximum absolute atomic E-state index is 13.1. The van der Waals surface area contributed by atoms with Gasteiger partial charge in [0.1, 0.15) is 5.82 Å². The second kappa shape index (κ2) is 4.59. The van der Waals surface area contributed by atoms with Gasteiger partial charge in [-0.3, -0.25) is 9.97 Å². The Morgan fingerprint density at radius 1 is 1.24 bits per heavy atom. The summed E-state index contributed by atoms with van der Waals surface area (Å²) in [7, 11) is 0. The molecule has 0 saturated carbocycles. The Labute approximate surface area is 99.5 Å². The van der Waals surface area contributed by atoms with Gasteiger partial charge in [-0.1, -0.05) is 0 Å². The first-order chi connectivity index (χ1) is 8.08. The zero-order valence-electron chi connectivity index (χ0n) is 9.81. The van der Waals surface area contributed by atoms with Crippen LogP contribution < -0.4 is 5.73 Å². The van der Waals surface area contributed by atoms with E-state index in [4.69, 9.17) is 5.73 Å². The summed E-state index contributed by atoms with van der Waals surface area (Å²) in [5.41, 5.74) is 8.61. The van der Waals surface area contributed by atoms with E-state index in [1.807, 2.05) is 6.92 Å². The maximum Gasteiger partial charge on any atom is 0.126 e. The number of benzene rings is 1. The molecule has 1 heterocycles. The fourth-order valence-electron chi connectivity index (χ4n) is 1.53. The van der Waals surface area contributed by atoms with Crippen LogP contribution in [0.3, 0.4) is 0 Å². The van der Waals surface area contributed by atoms with Crippen LogP contribution in [0.1, 0.15) is 24.2 Å². The predicted molar refractivity (Wildman–Crippen MR) is 64.8 cm³/mol. The summed E-state index contributed by atoms with van der Waals surface area (Å²) in [4.78, 5) is 8.50. The molecule has 1 atom stereocenters. The lowest BCUT2D eigenvalue weighted by Gasteiger charge is -2.06. The average molecular weight is 231 g/mol. The number of halogens is 1. The molecule has 0 aliphatic carbocycles. The summed E-state index contributed by atoms with van der Waals surface area (Å²) in [6.45, 7) is 3.58. The van der Waals surface area contributed by atoms with Gasteiger partial charge in [0, 0.05) is 11.6 Å². The molecule has 0 aliphatic rings. The molecule has 2 rings (SSSR count). The normalized spacial score (nSPS) is 12.5. The molecule has 3 nitrogen and oxygen atoms in total. The van der Waals surface area contributed by atoms with Crippen molar-refractivity contribution < 1.29 is 4.39 Å². The summed E-state index contributed by atoms with van der Waals surface area (Å²) in [6.07, 6.45) is 3.31. The highest BCUT2D eigenvalue weighted by Crippen LogP contribution is 2.19. The van der Waals surface area contributed by atoms with Crippen LogP contribution in [0.4, 0.5) is 4.39 Å². The molecule has 17 heavy (non-hydrogen) atoms. The monoisotopic (exact) mass is 231 g/mol. The summed E-state index contributed by atoms with van der Waals surface area (Å²) in [6, 6.07) is 4.75. The van der Waals surface area contributed by atoms with Gasteiger partial charge in [0.05, 0.1) is 23.8 Å². The standard InChI is InChI=1S/C13H14FN3/c1-8-5-10(3-4-11(8)14)13-7-16-12(6-17-13)9(2)15/h3-7,9H,15H2,1-2H3. The molecule has 0 fully saturated rings. The Balaban J connectivity index is 2.36. The van der Waals surface area contributed by atoms with Gasteiger partial charge in [0.15, 0.2) is 0 Å². The number of aryl methyl sites for hydroxylation is 1. The molecule has 0 aliphatic heterocycles. The lowest BCUT2D eigenvalue weighted by atomic mass is 10.1. The van der Waals surface area contributed by atoms with E-state index in [9.17, 15) is 4.39 Å². The molecule has 1 aromatic carbocycles. The van der Waals surface area contributed by atoms with Gasteiger partial charge >= 0.3 is 0 Å². The number of nitrogens with zero attached hydrogens (tertiary/aromatic N) is 2. The second-order valence-corrected chi connectivity index (χ2v) is 4.08. The van der Waals surface area contributed by atoms with Crippen LogP contribution in [-0.2, 0) is 0 Å². The second-order valence-electron chi connectivity index (χ2n) is 4.08. The van der Waals surface area contributed by atoms with Gasteiger partial charge in [-0.25, -0.2) is 4.39 Å². The van der Waals surface area contributed by atoms with Crippen molar-refractivity contribution in [3.05, 3.63) is 47.7 Å². The Morgan fingerprint density at radius 2 is 2.00 bits per heavy atom. The Kier molecular flexibility index (Phi) is 3.15. The fourth-order valence-corrected chi connectivity index (χ4v) is 1.53. The van der Waals surface area contributed by atoms with Gasteiger partial charge in [-0.2, -0.15) is 0 Å². The molecular formula is C13H14FN3. The third-order valence-electron chi connectivity index (χ3n) is 2.59. The van der Waals surface area contributed by atoms with Crippen LogP contribution in [-0.4, -0.2) is 9.97 Å². The largest absolute Gasteiger partial charge is 0.323 e. The molecule has 1 unspecified atom stereocenters. The maximum atomic E-state index is 13.1. The number of nitrogens with two attached hydrogens (primary N) is 1. The van der Waals surface area contributed by atoms with E-state index in [-0.39, 0.29) is 11.9 Å². The van der Waals surface area contributed by atoms with E-state index >= 15 is 0 Å². The van der Waals surface area contributed by atoms with Crippen LogP contribution in [0.5, 0.6) is 0 Å². The topological polar surface area (TPSA) is 51.8 Å². The zero-order valence-corrected chi connectivity index (χ0v) is 9.81. The fraction of sp³-hybridized carbons (Fsp3) is 0.231. The Hall–Kier alpha value is -1.81. The first-order valence-corrected chi connectivity index (χ1v) is 5.42. The molecule has 88 valence electrons. The molecule has 1 aromatic heterocycles. The van der Waals surface area contributed by atoms with Crippen LogP contribution in [0.25, 0.3) is 11.3 Å². The smallest absolute Gasteiger partial charge is 0.126 e. The minimum atomic E-state index is -0.214. The number of hydrogen-bond acceptors (Lipinski definition) is 3. The van der Waals surface area contributed by atoms with Gasteiger partial charge in [-0.05, 0) is 37.6 Å². The summed E-state index contributed by atoms with van der Waals surface area (Å²) >= 11 is 0. The molecule has 0 bridgehead atoms. The van der Waals surface area contributed by atoms with Gasteiger partial charge in [0.25, 0.3) is 0 Å². The molecule has 2 N–H and O–H groups in total. The number of rotatable bonds is 2. The highest BCUT2D eigenvalue weighted by atomic mass is 19.1. The van der Waals surface area contributed by atoms with E-state index in [1.165, 1.54) is 6.07 Å². The summed E-state index contributed by atoms with van der Waals surface area (Å²) < 4.78 is 13.1. The van der Waals surface area contributed by atoms with Crippen LogP contribution >= 0.6 is 0 Å². The van der Waals surface area contributed by atoms with E-state index in [1.54, 1.807) is 31.5 Å². The molecule has 2 aromatic rings. The highest BCUT2D eigenvalue weighted by Gasteiger charge is 2.05. The van der Waals surface area contributed by atoms with Gasteiger partial charge in [0.2, 0.25) is 0 Å². The molecule has 4 heteroatoms. The Morgan fingerprint density at radius 3 is 2.53 bits per heavy atom. The molecule has 0 spiro atoms. The van der Waals surface area contributed by atoms with Crippen LogP contribution in [0.15, 0.2) is 30.6 Å². The quantitative estimate of drug-likeness (QED) is 0.864. The van der Waals surface area contributed by atoms with Crippen molar-refractivity contribution in [2.75, 3.05) is 0 Å². The van der Waals surface area contributed by atoms with Crippen LogP contribution in [0, 0.1) is 12.7 Å². The van der Waals surface area contributed by atoms with E-state index in [0.29, 0.717) is 5.56 Å². The molecular weight excluding hydrogens is 217 g/mol. The third kappa shape index (κ3) is 2.47. The van der Waals surface area contributed by atoms with Crippen molar-refractivity contribution in [2.24, 2.45) is 5.73 Å². The van der Waals surface area contributed by atoms with Crippen molar-refractivity contribution >= 4 is 0 Å². The van der Waals surface area contributed by atoms with Crippen molar-refractivity contribution in [1.82, 2.24) is 9.97 Å². The molecule has 0 radical (unpaired) electrons.